The van der Waals surface area contributed by atoms with Gasteiger partial charge >= 0.3 is 5.97 Å². The summed E-state index contributed by atoms with van der Waals surface area (Å²) in [4.78, 5) is 24.3. The predicted molar refractivity (Wildman–Crippen MR) is 83.5 cm³/mol. The van der Waals surface area contributed by atoms with Gasteiger partial charge in [0.15, 0.2) is 0 Å². The highest BCUT2D eigenvalue weighted by atomic mass is 32.1. The molecule has 0 saturated heterocycles. The van der Waals surface area contributed by atoms with E-state index in [1.807, 2.05) is 0 Å². The molecule has 0 spiro atoms. The number of hydrogen-bond acceptors (Lipinski definition) is 3. The van der Waals surface area contributed by atoms with Gasteiger partial charge in [-0.2, -0.15) is 0 Å². The molecule has 1 aromatic heterocycles. The molecule has 0 radical (unpaired) electrons. The van der Waals surface area contributed by atoms with Gasteiger partial charge in [-0.3, -0.25) is 4.79 Å². The number of carboxylic acids is 1. The van der Waals surface area contributed by atoms with E-state index in [0.29, 0.717) is 17.3 Å². The quantitative estimate of drug-likeness (QED) is 0.807. The summed E-state index contributed by atoms with van der Waals surface area (Å²) in [5, 5.41) is 11.8. The first-order valence-corrected chi connectivity index (χ1v) is 8.51. The van der Waals surface area contributed by atoms with Crippen molar-refractivity contribution < 1.29 is 14.7 Å². The molecule has 1 heterocycles. The van der Waals surface area contributed by atoms with Crippen molar-refractivity contribution in [2.24, 2.45) is 11.8 Å². The summed E-state index contributed by atoms with van der Waals surface area (Å²) in [6, 6.07) is 3.36. The highest BCUT2D eigenvalue weighted by molar-refractivity contribution is 7.13. The molecule has 2 rings (SSSR count). The van der Waals surface area contributed by atoms with Gasteiger partial charge in [-0.25, -0.2) is 4.79 Å². The van der Waals surface area contributed by atoms with Gasteiger partial charge in [0, 0.05) is 10.8 Å². The fraction of sp³-hybridized carbons (Fsp3) is 0.625. The Balaban J connectivity index is 1.82. The number of thiophene rings is 1. The van der Waals surface area contributed by atoms with E-state index in [1.54, 1.807) is 12.1 Å². The third-order valence-electron chi connectivity index (χ3n) is 4.27. The Bertz CT molecular complexity index is 491. The molecule has 116 valence electrons. The van der Waals surface area contributed by atoms with Gasteiger partial charge in [0.2, 0.25) is 5.91 Å². The van der Waals surface area contributed by atoms with Crippen LogP contribution in [-0.4, -0.2) is 17.0 Å². The highest BCUT2D eigenvalue weighted by Gasteiger charge is 2.23. The summed E-state index contributed by atoms with van der Waals surface area (Å²) >= 11 is 1.22. The van der Waals surface area contributed by atoms with Gasteiger partial charge in [0.25, 0.3) is 0 Å². The molecule has 5 heteroatoms. The summed E-state index contributed by atoms with van der Waals surface area (Å²) in [7, 11) is 0. The van der Waals surface area contributed by atoms with E-state index in [2.05, 4.69) is 12.2 Å². The van der Waals surface area contributed by atoms with Gasteiger partial charge < -0.3 is 10.4 Å². The van der Waals surface area contributed by atoms with E-state index in [0.717, 1.165) is 17.7 Å². The molecular weight excluding hydrogens is 286 g/mol. The number of rotatable bonds is 7. The molecule has 0 aliphatic heterocycles. The molecule has 0 bridgehead atoms. The van der Waals surface area contributed by atoms with E-state index in [-0.39, 0.29) is 11.8 Å². The molecule has 21 heavy (non-hydrogen) atoms. The van der Waals surface area contributed by atoms with Gasteiger partial charge in [0.1, 0.15) is 4.88 Å². The molecule has 1 unspecified atom stereocenters. The van der Waals surface area contributed by atoms with Crippen molar-refractivity contribution in [2.45, 2.75) is 52.0 Å². The zero-order chi connectivity index (χ0) is 15.2. The number of amides is 1. The number of carbonyl (C=O) groups is 2. The third kappa shape index (κ3) is 4.56. The Kier molecular flexibility index (Phi) is 5.79. The molecule has 1 aliphatic carbocycles. The first-order valence-electron chi connectivity index (χ1n) is 7.69. The average Bonchev–Trinajstić information content (AvgIpc) is 3.13. The lowest BCUT2D eigenvalue weighted by molar-refractivity contribution is -0.125. The van der Waals surface area contributed by atoms with Crippen molar-refractivity contribution in [3.8, 4) is 0 Å². The van der Waals surface area contributed by atoms with Crippen LogP contribution in [0.2, 0.25) is 0 Å². The Morgan fingerprint density at radius 3 is 2.67 bits per heavy atom. The molecule has 0 aromatic carbocycles. The molecule has 1 fully saturated rings. The molecule has 1 aliphatic rings. The Labute approximate surface area is 129 Å². The van der Waals surface area contributed by atoms with Crippen molar-refractivity contribution in [3.63, 3.8) is 0 Å². The average molecular weight is 309 g/mol. The summed E-state index contributed by atoms with van der Waals surface area (Å²) < 4.78 is 0. The molecule has 2 N–H and O–H groups in total. The summed E-state index contributed by atoms with van der Waals surface area (Å²) in [5.74, 6) is -0.00650. The van der Waals surface area contributed by atoms with Crippen LogP contribution in [0.3, 0.4) is 0 Å². The van der Waals surface area contributed by atoms with Gasteiger partial charge in [-0.05, 0) is 30.9 Å². The summed E-state index contributed by atoms with van der Waals surface area (Å²) in [5.41, 5.74) is 0. The summed E-state index contributed by atoms with van der Waals surface area (Å²) in [6.45, 7) is 2.49. The largest absolute Gasteiger partial charge is 0.477 e. The van der Waals surface area contributed by atoms with Crippen LogP contribution < -0.4 is 5.32 Å². The maximum Gasteiger partial charge on any atom is 0.345 e. The second-order valence-electron chi connectivity index (χ2n) is 5.78. The lowest BCUT2D eigenvalue weighted by Crippen LogP contribution is -2.30. The van der Waals surface area contributed by atoms with Gasteiger partial charge in [-0.1, -0.05) is 32.6 Å². The number of aromatic carboxylic acids is 1. The zero-order valence-corrected chi connectivity index (χ0v) is 13.2. The van der Waals surface area contributed by atoms with Crippen LogP contribution in [0.4, 0.5) is 0 Å². The van der Waals surface area contributed by atoms with Crippen molar-refractivity contribution in [2.75, 3.05) is 0 Å². The Morgan fingerprint density at radius 2 is 2.10 bits per heavy atom. The molecule has 4 nitrogen and oxygen atoms in total. The van der Waals surface area contributed by atoms with Crippen LogP contribution in [0, 0.1) is 11.8 Å². The second-order valence-corrected chi connectivity index (χ2v) is 6.95. The van der Waals surface area contributed by atoms with Crippen molar-refractivity contribution in [1.29, 1.82) is 0 Å². The number of carbonyl (C=O) groups excluding carboxylic acids is 1. The number of carboxylic acid groups (broad SMARTS) is 1. The van der Waals surface area contributed by atoms with Crippen LogP contribution in [0.25, 0.3) is 0 Å². The molecule has 1 atom stereocenters. The minimum Gasteiger partial charge on any atom is -0.477 e. The van der Waals surface area contributed by atoms with Gasteiger partial charge in [-0.15, -0.1) is 11.3 Å². The summed E-state index contributed by atoms with van der Waals surface area (Å²) in [6.07, 6.45) is 6.99. The maximum absolute atomic E-state index is 12.3. The first-order chi connectivity index (χ1) is 10.1. The minimum atomic E-state index is -0.912. The van der Waals surface area contributed by atoms with Crippen molar-refractivity contribution >= 4 is 23.2 Å². The monoisotopic (exact) mass is 309 g/mol. The van der Waals surface area contributed by atoms with E-state index < -0.39 is 5.97 Å². The fourth-order valence-electron chi connectivity index (χ4n) is 3.01. The maximum atomic E-state index is 12.3. The first kappa shape index (κ1) is 16.0. The second kappa shape index (κ2) is 7.59. The molecule has 1 aromatic rings. The smallest absolute Gasteiger partial charge is 0.345 e. The van der Waals surface area contributed by atoms with Crippen LogP contribution >= 0.6 is 11.3 Å². The fourth-order valence-corrected chi connectivity index (χ4v) is 3.80. The zero-order valence-electron chi connectivity index (χ0n) is 12.4. The van der Waals surface area contributed by atoms with Crippen molar-refractivity contribution in [3.05, 3.63) is 21.9 Å². The number of nitrogens with one attached hydrogen (secondary N) is 1. The van der Waals surface area contributed by atoms with E-state index >= 15 is 0 Å². The van der Waals surface area contributed by atoms with Crippen LogP contribution in [0.15, 0.2) is 12.1 Å². The van der Waals surface area contributed by atoms with E-state index in [4.69, 9.17) is 5.11 Å². The van der Waals surface area contributed by atoms with Gasteiger partial charge in [0.05, 0.1) is 6.54 Å². The number of hydrogen-bond donors (Lipinski definition) is 2. The molecular formula is C16H23NO3S. The van der Waals surface area contributed by atoms with Crippen LogP contribution in [0.5, 0.6) is 0 Å². The SMILES string of the molecule is CCC(CC1CCCC1)C(=O)NCc1ccc(C(=O)O)s1. The molecule has 1 saturated carbocycles. The lowest BCUT2D eigenvalue weighted by atomic mass is 9.91. The lowest BCUT2D eigenvalue weighted by Gasteiger charge is -2.18. The predicted octanol–water partition coefficient (Wildman–Crippen LogP) is 3.67. The minimum absolute atomic E-state index is 0.0898. The van der Waals surface area contributed by atoms with E-state index in [9.17, 15) is 9.59 Å². The van der Waals surface area contributed by atoms with E-state index in [1.165, 1.54) is 37.0 Å². The highest BCUT2D eigenvalue weighted by Crippen LogP contribution is 2.31. The Morgan fingerprint density at radius 1 is 1.38 bits per heavy atom. The topological polar surface area (TPSA) is 66.4 Å². The Hall–Kier alpha value is -1.36. The van der Waals surface area contributed by atoms with Crippen molar-refractivity contribution in [1.82, 2.24) is 5.32 Å². The standard InChI is InChI=1S/C16H23NO3S/c1-2-12(9-11-5-3-4-6-11)15(18)17-10-13-7-8-14(21-13)16(19)20/h7-8,11-12H,2-6,9-10H2,1H3,(H,17,18)(H,19,20). The van der Waals surface area contributed by atoms with Crippen LogP contribution in [0.1, 0.15) is 60.0 Å². The molecule has 1 amide bonds. The van der Waals surface area contributed by atoms with Crippen LogP contribution in [-0.2, 0) is 11.3 Å². The third-order valence-corrected chi connectivity index (χ3v) is 5.34. The normalized spacial score (nSPS) is 16.8.